The number of nitrogens with zero attached hydrogens (tertiary/aromatic N) is 2. The summed E-state index contributed by atoms with van der Waals surface area (Å²) in [6, 6.07) is 19.9. The molecular formula is C26H23FN4O4S. The van der Waals surface area contributed by atoms with E-state index in [2.05, 4.69) is 10.7 Å². The molecule has 0 bridgehead atoms. The van der Waals surface area contributed by atoms with E-state index in [1.807, 2.05) is 30.3 Å². The summed E-state index contributed by atoms with van der Waals surface area (Å²) in [4.78, 5) is 40.4. The van der Waals surface area contributed by atoms with Crippen LogP contribution in [0.5, 0.6) is 5.75 Å². The summed E-state index contributed by atoms with van der Waals surface area (Å²) in [5.74, 6) is -1.31. The van der Waals surface area contributed by atoms with Crippen molar-refractivity contribution in [1.82, 2.24) is 15.3 Å². The van der Waals surface area contributed by atoms with Crippen LogP contribution < -0.4 is 15.5 Å². The molecular weight excluding hydrogens is 483 g/mol. The summed E-state index contributed by atoms with van der Waals surface area (Å²) >= 11 is 5.53. The van der Waals surface area contributed by atoms with Gasteiger partial charge in [0.15, 0.2) is 5.11 Å². The lowest BCUT2D eigenvalue weighted by molar-refractivity contribution is -0.131. The van der Waals surface area contributed by atoms with Gasteiger partial charge in [-0.3, -0.25) is 24.7 Å². The van der Waals surface area contributed by atoms with E-state index < -0.39 is 29.6 Å². The predicted molar refractivity (Wildman–Crippen MR) is 135 cm³/mol. The molecule has 0 aromatic heterocycles. The van der Waals surface area contributed by atoms with Gasteiger partial charge in [0, 0.05) is 11.3 Å². The topological polar surface area (TPSA) is 91.0 Å². The van der Waals surface area contributed by atoms with Crippen molar-refractivity contribution < 1.29 is 23.5 Å². The second-order valence-electron chi connectivity index (χ2n) is 8.01. The zero-order valence-corrected chi connectivity index (χ0v) is 20.1. The van der Waals surface area contributed by atoms with E-state index in [0.29, 0.717) is 11.4 Å². The van der Waals surface area contributed by atoms with Gasteiger partial charge in [-0.05, 0) is 66.3 Å². The molecule has 1 atom stereocenters. The minimum atomic E-state index is -1.07. The fourth-order valence-corrected chi connectivity index (χ4v) is 4.03. The Labute approximate surface area is 212 Å². The SMILES string of the molecule is COc1ccc(NC(=O)CC2C(=O)N(Cc3ccccc3)C(=S)N2NC(=O)c2ccc(F)cc2)cc1. The summed E-state index contributed by atoms with van der Waals surface area (Å²) in [6.07, 6.45) is -0.264. The number of benzene rings is 3. The van der Waals surface area contributed by atoms with E-state index in [1.165, 1.54) is 29.2 Å². The molecule has 1 heterocycles. The Morgan fingerprint density at radius 1 is 1.00 bits per heavy atom. The minimum Gasteiger partial charge on any atom is -0.497 e. The number of hydrogen-bond donors (Lipinski definition) is 2. The van der Waals surface area contributed by atoms with Crippen molar-refractivity contribution in [2.75, 3.05) is 12.4 Å². The number of amides is 3. The van der Waals surface area contributed by atoms with Crippen molar-refractivity contribution in [3.8, 4) is 5.75 Å². The molecule has 1 saturated heterocycles. The summed E-state index contributed by atoms with van der Waals surface area (Å²) in [5.41, 5.74) is 4.15. The molecule has 3 aromatic rings. The average molecular weight is 507 g/mol. The molecule has 0 radical (unpaired) electrons. The maximum atomic E-state index is 13.4. The largest absolute Gasteiger partial charge is 0.497 e. The number of rotatable bonds is 8. The molecule has 0 saturated carbocycles. The summed E-state index contributed by atoms with van der Waals surface area (Å²) < 4.78 is 18.4. The van der Waals surface area contributed by atoms with Crippen LogP contribution in [0.3, 0.4) is 0 Å². The van der Waals surface area contributed by atoms with Gasteiger partial charge in [-0.25, -0.2) is 9.40 Å². The molecule has 1 unspecified atom stereocenters. The number of anilines is 1. The van der Waals surface area contributed by atoms with Gasteiger partial charge in [0.25, 0.3) is 11.8 Å². The van der Waals surface area contributed by atoms with Gasteiger partial charge in [0.2, 0.25) is 5.91 Å². The normalized spacial score (nSPS) is 15.1. The van der Waals surface area contributed by atoms with Crippen molar-refractivity contribution in [3.05, 3.63) is 95.8 Å². The van der Waals surface area contributed by atoms with Crippen LogP contribution >= 0.6 is 12.2 Å². The molecule has 36 heavy (non-hydrogen) atoms. The maximum Gasteiger partial charge on any atom is 0.269 e. The van der Waals surface area contributed by atoms with E-state index >= 15 is 0 Å². The van der Waals surface area contributed by atoms with Crippen LogP contribution in [0.1, 0.15) is 22.3 Å². The highest BCUT2D eigenvalue weighted by Gasteiger charge is 2.44. The van der Waals surface area contributed by atoms with Gasteiger partial charge in [-0.1, -0.05) is 30.3 Å². The Balaban J connectivity index is 1.54. The molecule has 0 aliphatic carbocycles. The first kappa shape index (κ1) is 24.8. The van der Waals surface area contributed by atoms with Gasteiger partial charge < -0.3 is 10.1 Å². The first-order valence-corrected chi connectivity index (χ1v) is 11.5. The molecule has 8 nitrogen and oxygen atoms in total. The monoisotopic (exact) mass is 506 g/mol. The highest BCUT2D eigenvalue weighted by Crippen LogP contribution is 2.23. The predicted octanol–water partition coefficient (Wildman–Crippen LogP) is 3.51. The number of hydrogen-bond acceptors (Lipinski definition) is 5. The Kier molecular flexibility index (Phi) is 7.55. The molecule has 3 aromatic carbocycles. The quantitative estimate of drug-likeness (QED) is 0.455. The number of methoxy groups -OCH3 is 1. The van der Waals surface area contributed by atoms with Crippen molar-refractivity contribution in [2.24, 2.45) is 0 Å². The van der Waals surface area contributed by atoms with Crippen LogP contribution in [-0.2, 0) is 16.1 Å². The third-order valence-corrected chi connectivity index (χ3v) is 5.98. The molecule has 4 rings (SSSR count). The molecule has 0 spiro atoms. The van der Waals surface area contributed by atoms with Gasteiger partial charge in [-0.15, -0.1) is 0 Å². The molecule has 2 N–H and O–H groups in total. The number of carbonyl (C=O) groups is 3. The molecule has 184 valence electrons. The van der Waals surface area contributed by atoms with Gasteiger partial charge in [-0.2, -0.15) is 0 Å². The third kappa shape index (κ3) is 5.66. The lowest BCUT2D eigenvalue weighted by Gasteiger charge is -2.24. The van der Waals surface area contributed by atoms with Crippen molar-refractivity contribution in [2.45, 2.75) is 19.0 Å². The van der Waals surface area contributed by atoms with Crippen LogP contribution in [0.4, 0.5) is 10.1 Å². The zero-order chi connectivity index (χ0) is 25.7. The number of halogens is 1. The van der Waals surface area contributed by atoms with E-state index in [-0.39, 0.29) is 23.6 Å². The number of carbonyl (C=O) groups excluding carboxylic acids is 3. The van der Waals surface area contributed by atoms with Crippen LogP contribution in [0.25, 0.3) is 0 Å². The van der Waals surface area contributed by atoms with Crippen molar-refractivity contribution in [1.29, 1.82) is 0 Å². The van der Waals surface area contributed by atoms with E-state index in [4.69, 9.17) is 17.0 Å². The lowest BCUT2D eigenvalue weighted by atomic mass is 10.1. The number of thiocarbonyl (C=S) groups is 1. The van der Waals surface area contributed by atoms with Gasteiger partial charge in [0.05, 0.1) is 20.1 Å². The van der Waals surface area contributed by atoms with Gasteiger partial charge in [0.1, 0.15) is 17.6 Å². The second kappa shape index (κ2) is 11.0. The Morgan fingerprint density at radius 2 is 1.67 bits per heavy atom. The first-order valence-electron chi connectivity index (χ1n) is 11.0. The van der Waals surface area contributed by atoms with E-state index in [1.54, 1.807) is 24.3 Å². The summed E-state index contributed by atoms with van der Waals surface area (Å²) in [5, 5.41) is 4.02. The first-order chi connectivity index (χ1) is 17.4. The zero-order valence-electron chi connectivity index (χ0n) is 19.3. The van der Waals surface area contributed by atoms with Crippen LogP contribution in [0.2, 0.25) is 0 Å². The summed E-state index contributed by atoms with van der Waals surface area (Å²) in [6.45, 7) is 0.179. The lowest BCUT2D eigenvalue weighted by Crippen LogP contribution is -2.49. The molecule has 1 aliphatic heterocycles. The standard InChI is InChI=1S/C26H23FN4O4S/c1-35-21-13-11-20(12-14-21)28-23(32)15-22-25(34)30(16-17-5-3-2-4-6-17)26(36)31(22)29-24(33)18-7-9-19(27)10-8-18/h2-14,22H,15-16H2,1H3,(H,28,32)(H,29,33). The Bertz CT molecular complexity index is 1270. The second-order valence-corrected chi connectivity index (χ2v) is 8.37. The highest BCUT2D eigenvalue weighted by molar-refractivity contribution is 7.80. The number of ether oxygens (including phenoxy) is 1. The Morgan fingerprint density at radius 3 is 2.31 bits per heavy atom. The summed E-state index contributed by atoms with van der Waals surface area (Å²) in [7, 11) is 1.54. The smallest absolute Gasteiger partial charge is 0.269 e. The van der Waals surface area contributed by atoms with Crippen LogP contribution in [-0.4, -0.2) is 45.9 Å². The van der Waals surface area contributed by atoms with E-state index in [9.17, 15) is 18.8 Å². The minimum absolute atomic E-state index is 0.0570. The third-order valence-electron chi connectivity index (χ3n) is 5.56. The Hall–Kier alpha value is -4.31. The van der Waals surface area contributed by atoms with Crippen molar-refractivity contribution in [3.63, 3.8) is 0 Å². The van der Waals surface area contributed by atoms with Crippen LogP contribution in [0, 0.1) is 5.82 Å². The number of hydrazine groups is 1. The highest BCUT2D eigenvalue weighted by atomic mass is 32.1. The van der Waals surface area contributed by atoms with Crippen LogP contribution in [0.15, 0.2) is 78.9 Å². The fourth-order valence-electron chi connectivity index (χ4n) is 3.70. The molecule has 10 heteroatoms. The van der Waals surface area contributed by atoms with Crippen molar-refractivity contribution >= 4 is 40.7 Å². The van der Waals surface area contributed by atoms with E-state index in [0.717, 1.165) is 17.7 Å². The number of nitrogens with one attached hydrogen (secondary N) is 2. The van der Waals surface area contributed by atoms with Gasteiger partial charge >= 0.3 is 0 Å². The molecule has 1 fully saturated rings. The molecule has 1 aliphatic rings. The average Bonchev–Trinajstić information content (AvgIpc) is 3.09. The fraction of sp³-hybridized carbons (Fsp3) is 0.154. The molecule has 3 amide bonds. The maximum absolute atomic E-state index is 13.4.